The highest BCUT2D eigenvalue weighted by Crippen LogP contribution is 2.16. The summed E-state index contributed by atoms with van der Waals surface area (Å²) in [4.78, 5) is 22.3. The highest BCUT2D eigenvalue weighted by molar-refractivity contribution is 6.04. The average Bonchev–Trinajstić information content (AvgIpc) is 2.35. The fraction of sp³-hybridized carbons (Fsp3) is 0.333. The molecule has 0 aromatic rings. The van der Waals surface area contributed by atoms with Crippen molar-refractivity contribution in [3.8, 4) is 0 Å². The van der Waals surface area contributed by atoms with Crippen molar-refractivity contribution in [2.45, 2.75) is 33.1 Å². The monoisotopic (exact) mass is 230 g/mol. The molecule has 0 saturated carbocycles. The van der Waals surface area contributed by atoms with E-state index in [2.05, 4.69) is 18.2 Å². The van der Waals surface area contributed by atoms with Crippen molar-refractivity contribution in [1.82, 2.24) is 0 Å². The first kappa shape index (κ1) is 13.4. The summed E-state index contributed by atoms with van der Waals surface area (Å²) in [6, 6.07) is 0. The number of allylic oxidation sites excluding steroid dienone is 8. The maximum atomic E-state index is 11.3. The second-order valence-electron chi connectivity index (χ2n) is 4.00. The lowest BCUT2D eigenvalue weighted by atomic mass is 9.99. The van der Waals surface area contributed by atoms with Crippen LogP contribution in [0.4, 0.5) is 0 Å². The van der Waals surface area contributed by atoms with Crippen LogP contribution in [0.25, 0.3) is 0 Å². The van der Waals surface area contributed by atoms with E-state index >= 15 is 0 Å². The van der Waals surface area contributed by atoms with E-state index in [0.29, 0.717) is 17.6 Å². The maximum Gasteiger partial charge on any atom is 0.160 e. The second kappa shape index (κ2) is 6.79. The number of hydrogen-bond donors (Lipinski definition) is 0. The van der Waals surface area contributed by atoms with Gasteiger partial charge in [-0.15, -0.1) is 0 Å². The summed E-state index contributed by atoms with van der Waals surface area (Å²) in [7, 11) is 0. The summed E-state index contributed by atoms with van der Waals surface area (Å²) < 4.78 is 0. The lowest BCUT2D eigenvalue weighted by molar-refractivity contribution is -0.114. The van der Waals surface area contributed by atoms with E-state index in [4.69, 9.17) is 0 Å². The van der Waals surface area contributed by atoms with Gasteiger partial charge in [-0.05, 0) is 38.7 Å². The summed E-state index contributed by atoms with van der Waals surface area (Å²) in [5.74, 6) is -0.0704. The van der Waals surface area contributed by atoms with Crippen LogP contribution in [-0.2, 0) is 9.59 Å². The SMILES string of the molecule is C/C=C(C(C)=O)\C(C=O)=C/CC1=CCCC=C1. The first-order valence-corrected chi connectivity index (χ1v) is 5.87. The molecule has 0 saturated heterocycles. The van der Waals surface area contributed by atoms with Crippen LogP contribution in [0, 0.1) is 0 Å². The van der Waals surface area contributed by atoms with Gasteiger partial charge in [0.2, 0.25) is 0 Å². The minimum absolute atomic E-state index is 0.0704. The molecule has 0 aromatic heterocycles. The van der Waals surface area contributed by atoms with Crippen molar-refractivity contribution < 1.29 is 9.59 Å². The Morgan fingerprint density at radius 1 is 1.41 bits per heavy atom. The molecule has 0 heterocycles. The quantitative estimate of drug-likeness (QED) is 0.412. The molecule has 1 rings (SSSR count). The number of hydrogen-bond acceptors (Lipinski definition) is 2. The van der Waals surface area contributed by atoms with Crippen LogP contribution >= 0.6 is 0 Å². The highest BCUT2D eigenvalue weighted by Gasteiger charge is 2.08. The molecule has 0 N–H and O–H groups in total. The van der Waals surface area contributed by atoms with Crippen LogP contribution in [0.15, 0.2) is 47.1 Å². The molecular weight excluding hydrogens is 212 g/mol. The minimum Gasteiger partial charge on any atom is -0.298 e. The Labute approximate surface area is 102 Å². The van der Waals surface area contributed by atoms with Gasteiger partial charge >= 0.3 is 0 Å². The number of carbonyl (C=O) groups excluding carboxylic acids is 2. The predicted molar refractivity (Wildman–Crippen MR) is 69.7 cm³/mol. The summed E-state index contributed by atoms with van der Waals surface area (Å²) in [6.45, 7) is 3.25. The van der Waals surface area contributed by atoms with Gasteiger partial charge in [0.1, 0.15) is 6.29 Å². The van der Waals surface area contributed by atoms with Crippen molar-refractivity contribution in [2.24, 2.45) is 0 Å². The van der Waals surface area contributed by atoms with Gasteiger partial charge in [0.25, 0.3) is 0 Å². The molecule has 17 heavy (non-hydrogen) atoms. The van der Waals surface area contributed by atoms with E-state index in [1.54, 1.807) is 13.0 Å². The summed E-state index contributed by atoms with van der Waals surface area (Å²) >= 11 is 0. The minimum atomic E-state index is -0.0704. The largest absolute Gasteiger partial charge is 0.298 e. The molecule has 2 heteroatoms. The summed E-state index contributed by atoms with van der Waals surface area (Å²) in [5, 5.41) is 0. The molecule has 0 aliphatic heterocycles. The van der Waals surface area contributed by atoms with Gasteiger partial charge in [0.05, 0.1) is 0 Å². The van der Waals surface area contributed by atoms with E-state index in [9.17, 15) is 9.59 Å². The molecule has 0 atom stereocenters. The van der Waals surface area contributed by atoms with Crippen molar-refractivity contribution >= 4 is 12.1 Å². The zero-order valence-electron chi connectivity index (χ0n) is 10.4. The van der Waals surface area contributed by atoms with Crippen LogP contribution in [0.5, 0.6) is 0 Å². The third-order valence-corrected chi connectivity index (χ3v) is 2.74. The van der Waals surface area contributed by atoms with Gasteiger partial charge in [-0.3, -0.25) is 9.59 Å². The molecule has 0 aromatic carbocycles. The zero-order chi connectivity index (χ0) is 12.7. The van der Waals surface area contributed by atoms with Crippen molar-refractivity contribution in [1.29, 1.82) is 0 Å². The number of Topliss-reactive ketones (excluding diaryl/α,β-unsaturated/α-hetero) is 1. The van der Waals surface area contributed by atoms with Gasteiger partial charge in [-0.1, -0.05) is 30.4 Å². The fourth-order valence-corrected chi connectivity index (χ4v) is 1.84. The van der Waals surface area contributed by atoms with Gasteiger partial charge in [0, 0.05) is 11.1 Å². The second-order valence-corrected chi connectivity index (χ2v) is 4.00. The smallest absolute Gasteiger partial charge is 0.160 e. The maximum absolute atomic E-state index is 11.3. The summed E-state index contributed by atoms with van der Waals surface area (Å²) in [5.41, 5.74) is 2.19. The molecule has 0 bridgehead atoms. The Morgan fingerprint density at radius 2 is 2.18 bits per heavy atom. The van der Waals surface area contributed by atoms with Crippen molar-refractivity contribution in [3.63, 3.8) is 0 Å². The lowest BCUT2D eigenvalue weighted by Crippen LogP contribution is -2.01. The molecule has 1 aliphatic rings. The van der Waals surface area contributed by atoms with Crippen molar-refractivity contribution in [3.05, 3.63) is 47.1 Å². The topological polar surface area (TPSA) is 34.1 Å². The third-order valence-electron chi connectivity index (χ3n) is 2.74. The Bertz CT molecular complexity index is 420. The average molecular weight is 230 g/mol. The number of rotatable bonds is 5. The molecule has 1 aliphatic carbocycles. The van der Waals surface area contributed by atoms with Crippen LogP contribution < -0.4 is 0 Å². The Kier molecular flexibility index (Phi) is 5.34. The van der Waals surface area contributed by atoms with Crippen LogP contribution in [0.3, 0.4) is 0 Å². The van der Waals surface area contributed by atoms with Gasteiger partial charge in [-0.25, -0.2) is 0 Å². The van der Waals surface area contributed by atoms with Gasteiger partial charge < -0.3 is 0 Å². The van der Waals surface area contributed by atoms with Crippen LogP contribution in [0.2, 0.25) is 0 Å². The normalized spacial score (nSPS) is 16.7. The molecule has 2 nitrogen and oxygen atoms in total. The predicted octanol–water partition coefficient (Wildman–Crippen LogP) is 3.31. The summed E-state index contributed by atoms with van der Waals surface area (Å²) in [6.07, 6.45) is 13.5. The first-order valence-electron chi connectivity index (χ1n) is 5.87. The first-order chi connectivity index (χ1) is 8.19. The van der Waals surface area contributed by atoms with E-state index in [1.165, 1.54) is 12.5 Å². The standard InChI is InChI=1S/C15H18O2/c1-3-15(12(2)17)14(11-16)10-9-13-7-5-4-6-8-13/h3,5,7-8,10-11H,4,6,9H2,1-2H3/b14-10-,15-3-. The molecular formula is C15H18O2. The molecule has 0 amide bonds. The Balaban J connectivity index is 2.80. The molecule has 0 unspecified atom stereocenters. The molecule has 0 fully saturated rings. The molecule has 90 valence electrons. The zero-order valence-corrected chi connectivity index (χ0v) is 10.4. The van der Waals surface area contributed by atoms with Crippen LogP contribution in [-0.4, -0.2) is 12.1 Å². The van der Waals surface area contributed by atoms with Gasteiger partial charge in [0.15, 0.2) is 5.78 Å². The number of carbonyl (C=O) groups is 2. The number of ketones is 1. The lowest BCUT2D eigenvalue weighted by Gasteiger charge is -2.05. The number of aldehydes is 1. The van der Waals surface area contributed by atoms with E-state index < -0.39 is 0 Å². The van der Waals surface area contributed by atoms with E-state index in [-0.39, 0.29) is 5.78 Å². The van der Waals surface area contributed by atoms with E-state index in [0.717, 1.165) is 19.1 Å². The Morgan fingerprint density at radius 3 is 2.65 bits per heavy atom. The van der Waals surface area contributed by atoms with Crippen LogP contribution in [0.1, 0.15) is 33.1 Å². The fourth-order valence-electron chi connectivity index (χ4n) is 1.84. The highest BCUT2D eigenvalue weighted by atomic mass is 16.1. The Hall–Kier alpha value is -1.70. The van der Waals surface area contributed by atoms with Crippen molar-refractivity contribution in [2.75, 3.05) is 0 Å². The van der Waals surface area contributed by atoms with E-state index in [1.807, 2.05) is 6.08 Å². The molecule has 0 spiro atoms. The molecule has 0 radical (unpaired) electrons. The van der Waals surface area contributed by atoms with Gasteiger partial charge in [-0.2, -0.15) is 0 Å². The third kappa shape index (κ3) is 3.99.